The van der Waals surface area contributed by atoms with Crippen molar-refractivity contribution in [2.24, 2.45) is 5.84 Å². The zero-order valence-electron chi connectivity index (χ0n) is 11.4. The van der Waals surface area contributed by atoms with Crippen LogP contribution in [-0.2, 0) is 0 Å². The van der Waals surface area contributed by atoms with Crippen LogP contribution in [0.15, 0.2) is 42.5 Å². The maximum absolute atomic E-state index is 6.26. The van der Waals surface area contributed by atoms with Gasteiger partial charge in [-0.25, -0.2) is 5.43 Å². The molecular weight excluding hydrogens is 293 g/mol. The summed E-state index contributed by atoms with van der Waals surface area (Å²) in [6, 6.07) is 13.5. The van der Waals surface area contributed by atoms with Crippen LogP contribution in [0.5, 0.6) is 0 Å². The zero-order valence-corrected chi connectivity index (χ0v) is 12.9. The minimum absolute atomic E-state index is 0.197. The maximum atomic E-state index is 6.26. The number of hydrogen-bond donors (Lipinski definition) is 2. The van der Waals surface area contributed by atoms with Crippen LogP contribution in [0, 0.1) is 0 Å². The van der Waals surface area contributed by atoms with E-state index in [0.717, 1.165) is 16.8 Å². The van der Waals surface area contributed by atoms with Gasteiger partial charge in [-0.2, -0.15) is 0 Å². The van der Waals surface area contributed by atoms with Gasteiger partial charge in [0.1, 0.15) is 0 Å². The Morgan fingerprint density at radius 3 is 2.25 bits per heavy atom. The van der Waals surface area contributed by atoms with E-state index < -0.39 is 0 Å². The van der Waals surface area contributed by atoms with Gasteiger partial charge in [0.05, 0.1) is 16.1 Å². The first-order valence-corrected chi connectivity index (χ1v) is 6.97. The normalized spacial score (nSPS) is 12.2. The molecule has 3 nitrogen and oxygen atoms in total. The Hall–Kier alpha value is -1.26. The number of halogens is 2. The van der Waals surface area contributed by atoms with Crippen LogP contribution in [-0.4, -0.2) is 14.1 Å². The van der Waals surface area contributed by atoms with Gasteiger partial charge in [0.15, 0.2) is 0 Å². The molecule has 0 fully saturated rings. The van der Waals surface area contributed by atoms with Crippen molar-refractivity contribution in [2.45, 2.75) is 6.04 Å². The molecule has 1 unspecified atom stereocenters. The minimum Gasteiger partial charge on any atom is -0.378 e. The molecule has 0 saturated heterocycles. The molecule has 0 aliphatic rings. The van der Waals surface area contributed by atoms with Crippen molar-refractivity contribution in [3.63, 3.8) is 0 Å². The second-order valence-electron chi connectivity index (χ2n) is 4.73. The maximum Gasteiger partial charge on any atom is 0.0725 e. The SMILES string of the molecule is CN(C)c1ccc(C(NN)c2cccc(Cl)c2Cl)cc1. The highest BCUT2D eigenvalue weighted by Gasteiger charge is 2.17. The molecule has 0 saturated carbocycles. The first-order chi connectivity index (χ1) is 9.54. The highest BCUT2D eigenvalue weighted by Crippen LogP contribution is 2.33. The lowest BCUT2D eigenvalue weighted by atomic mass is 9.99. The summed E-state index contributed by atoms with van der Waals surface area (Å²) in [5, 5.41) is 1.04. The van der Waals surface area contributed by atoms with Crippen molar-refractivity contribution in [3.05, 3.63) is 63.6 Å². The number of nitrogens with one attached hydrogen (secondary N) is 1. The van der Waals surface area contributed by atoms with Crippen molar-refractivity contribution in [2.75, 3.05) is 19.0 Å². The van der Waals surface area contributed by atoms with Crippen molar-refractivity contribution in [1.29, 1.82) is 0 Å². The van der Waals surface area contributed by atoms with Crippen LogP contribution in [0.1, 0.15) is 17.2 Å². The van der Waals surface area contributed by atoms with E-state index in [1.54, 1.807) is 6.07 Å². The molecule has 0 amide bonds. The van der Waals surface area contributed by atoms with E-state index in [-0.39, 0.29) is 6.04 Å². The summed E-state index contributed by atoms with van der Waals surface area (Å²) in [7, 11) is 4.00. The molecule has 2 rings (SSSR count). The molecule has 2 aromatic carbocycles. The Morgan fingerprint density at radius 2 is 1.70 bits per heavy atom. The molecule has 0 aliphatic carbocycles. The molecule has 0 aromatic heterocycles. The van der Waals surface area contributed by atoms with E-state index >= 15 is 0 Å². The zero-order chi connectivity index (χ0) is 14.7. The molecule has 2 aromatic rings. The van der Waals surface area contributed by atoms with Gasteiger partial charge in [-0.1, -0.05) is 47.5 Å². The minimum atomic E-state index is -0.197. The third-order valence-corrected chi connectivity index (χ3v) is 4.04. The molecular formula is C15H17Cl2N3. The lowest BCUT2D eigenvalue weighted by Crippen LogP contribution is -2.29. The number of rotatable bonds is 4. The number of nitrogens with two attached hydrogens (primary N) is 1. The van der Waals surface area contributed by atoms with Crippen LogP contribution < -0.4 is 16.2 Å². The van der Waals surface area contributed by atoms with E-state index in [2.05, 4.69) is 5.43 Å². The number of benzene rings is 2. The molecule has 1 atom stereocenters. The lowest BCUT2D eigenvalue weighted by molar-refractivity contribution is 0.637. The van der Waals surface area contributed by atoms with E-state index in [4.69, 9.17) is 29.0 Å². The fourth-order valence-corrected chi connectivity index (χ4v) is 2.49. The van der Waals surface area contributed by atoms with Crippen molar-refractivity contribution < 1.29 is 0 Å². The molecule has 3 N–H and O–H groups in total. The third kappa shape index (κ3) is 3.07. The standard InChI is InChI=1S/C15H17Cl2N3/c1-20(2)11-8-6-10(7-9-11)15(19-18)12-4-3-5-13(16)14(12)17/h3-9,15,19H,18H2,1-2H3. The highest BCUT2D eigenvalue weighted by atomic mass is 35.5. The number of nitrogens with zero attached hydrogens (tertiary/aromatic N) is 1. The summed E-state index contributed by atoms with van der Waals surface area (Å²) in [5.41, 5.74) is 5.81. The van der Waals surface area contributed by atoms with Crippen LogP contribution in [0.25, 0.3) is 0 Å². The monoisotopic (exact) mass is 309 g/mol. The molecule has 0 heterocycles. The van der Waals surface area contributed by atoms with E-state index in [1.165, 1.54) is 0 Å². The van der Waals surface area contributed by atoms with E-state index in [9.17, 15) is 0 Å². The van der Waals surface area contributed by atoms with E-state index in [1.807, 2.05) is 55.4 Å². The Kier molecular flexibility index (Phi) is 4.89. The Morgan fingerprint density at radius 1 is 1.05 bits per heavy atom. The Balaban J connectivity index is 2.39. The summed E-state index contributed by atoms with van der Waals surface area (Å²) in [6.07, 6.45) is 0. The largest absolute Gasteiger partial charge is 0.378 e. The van der Waals surface area contributed by atoms with Gasteiger partial charge < -0.3 is 4.90 Å². The van der Waals surface area contributed by atoms with Crippen molar-refractivity contribution in [3.8, 4) is 0 Å². The number of hydrogen-bond acceptors (Lipinski definition) is 3. The first-order valence-electron chi connectivity index (χ1n) is 6.22. The summed E-state index contributed by atoms with van der Waals surface area (Å²) in [4.78, 5) is 2.04. The molecule has 20 heavy (non-hydrogen) atoms. The molecule has 0 radical (unpaired) electrons. The fourth-order valence-electron chi connectivity index (χ4n) is 2.07. The highest BCUT2D eigenvalue weighted by molar-refractivity contribution is 6.42. The molecule has 106 valence electrons. The predicted molar refractivity (Wildman–Crippen MR) is 86.4 cm³/mol. The van der Waals surface area contributed by atoms with Crippen molar-refractivity contribution >= 4 is 28.9 Å². The van der Waals surface area contributed by atoms with Gasteiger partial charge >= 0.3 is 0 Å². The number of hydrazine groups is 1. The lowest BCUT2D eigenvalue weighted by Gasteiger charge is -2.20. The summed E-state index contributed by atoms with van der Waals surface area (Å²) in [5.74, 6) is 5.69. The average Bonchev–Trinajstić information content (AvgIpc) is 2.45. The first kappa shape index (κ1) is 15.1. The smallest absolute Gasteiger partial charge is 0.0725 e. The van der Waals surface area contributed by atoms with Gasteiger partial charge in [-0.15, -0.1) is 0 Å². The molecule has 5 heteroatoms. The predicted octanol–water partition coefficient (Wildman–Crippen LogP) is 3.61. The van der Waals surface area contributed by atoms with Crippen molar-refractivity contribution in [1.82, 2.24) is 5.43 Å². The average molecular weight is 310 g/mol. The Bertz CT molecular complexity index is 582. The topological polar surface area (TPSA) is 41.3 Å². The van der Waals surface area contributed by atoms with Gasteiger partial charge in [0.2, 0.25) is 0 Å². The van der Waals surface area contributed by atoms with Crippen LogP contribution in [0.2, 0.25) is 10.0 Å². The fraction of sp³-hybridized carbons (Fsp3) is 0.200. The molecule has 0 spiro atoms. The number of anilines is 1. The van der Waals surface area contributed by atoms with Gasteiger partial charge in [0, 0.05) is 19.8 Å². The Labute approximate surface area is 129 Å². The second kappa shape index (κ2) is 6.46. The quantitative estimate of drug-likeness (QED) is 0.669. The van der Waals surface area contributed by atoms with Crippen LogP contribution in [0.3, 0.4) is 0 Å². The molecule has 0 aliphatic heterocycles. The summed E-state index contributed by atoms with van der Waals surface area (Å²) < 4.78 is 0. The summed E-state index contributed by atoms with van der Waals surface area (Å²) >= 11 is 12.3. The summed E-state index contributed by atoms with van der Waals surface area (Å²) in [6.45, 7) is 0. The van der Waals surface area contributed by atoms with E-state index in [0.29, 0.717) is 10.0 Å². The third-order valence-electron chi connectivity index (χ3n) is 3.20. The van der Waals surface area contributed by atoms with Gasteiger partial charge in [0.25, 0.3) is 0 Å². The molecule has 0 bridgehead atoms. The van der Waals surface area contributed by atoms with Crippen LogP contribution in [0.4, 0.5) is 5.69 Å². The second-order valence-corrected chi connectivity index (χ2v) is 5.51. The van der Waals surface area contributed by atoms with Gasteiger partial charge in [-0.3, -0.25) is 5.84 Å². The van der Waals surface area contributed by atoms with Gasteiger partial charge in [-0.05, 0) is 29.3 Å². The van der Waals surface area contributed by atoms with Crippen LogP contribution >= 0.6 is 23.2 Å².